The molecule has 0 saturated carbocycles. The number of anilines is 2. The van der Waals surface area contributed by atoms with E-state index in [1.807, 2.05) is 0 Å². The third kappa shape index (κ3) is 3.72. The lowest BCUT2D eigenvalue weighted by atomic mass is 10.3. The van der Waals surface area contributed by atoms with Gasteiger partial charge in [0, 0.05) is 19.8 Å². The van der Waals surface area contributed by atoms with E-state index in [4.69, 9.17) is 5.73 Å². The number of hydrogen-bond acceptors (Lipinski definition) is 3. The third-order valence-corrected chi connectivity index (χ3v) is 2.84. The zero-order valence-corrected chi connectivity index (χ0v) is 10.5. The van der Waals surface area contributed by atoms with E-state index < -0.39 is 11.3 Å². The first-order valence-electron chi connectivity index (χ1n) is 4.86. The molecule has 0 aliphatic heterocycles. The summed E-state index contributed by atoms with van der Waals surface area (Å²) in [6.07, 6.45) is 0. The Morgan fingerprint density at radius 3 is 2.59 bits per heavy atom. The molecule has 0 radical (unpaired) electrons. The molecule has 1 unspecified atom stereocenters. The molecule has 7 heteroatoms. The second-order valence-electron chi connectivity index (χ2n) is 3.65. The number of carbonyl (C=O) groups excluding carboxylic acids is 1. The van der Waals surface area contributed by atoms with Gasteiger partial charge in [-0.25, -0.2) is 4.21 Å². The molecular formula is C10H15N3O3S. The minimum Gasteiger partial charge on any atom is -0.399 e. The number of carbonyl (C=O) groups is 1. The normalized spacial score (nSPS) is 11.9. The van der Waals surface area contributed by atoms with Crippen molar-refractivity contribution < 1.29 is 13.6 Å². The van der Waals surface area contributed by atoms with E-state index in [0.717, 1.165) is 4.31 Å². The van der Waals surface area contributed by atoms with Crippen molar-refractivity contribution >= 4 is 28.5 Å². The van der Waals surface area contributed by atoms with Crippen molar-refractivity contribution in [2.24, 2.45) is 0 Å². The minimum atomic E-state index is -2.27. The monoisotopic (exact) mass is 257 g/mol. The lowest BCUT2D eigenvalue weighted by Gasteiger charge is -2.21. The van der Waals surface area contributed by atoms with Crippen LogP contribution in [0.2, 0.25) is 0 Å². The topological polar surface area (TPSA) is 86.9 Å². The number of amides is 1. The minimum absolute atomic E-state index is 0.181. The Labute approximate surface area is 102 Å². The summed E-state index contributed by atoms with van der Waals surface area (Å²) in [5.74, 6) is -0.269. The highest BCUT2D eigenvalue weighted by Gasteiger charge is 2.17. The predicted molar refractivity (Wildman–Crippen MR) is 67.7 cm³/mol. The molecule has 1 aromatic carbocycles. The number of hydrogen-bond donors (Lipinski definition) is 2. The van der Waals surface area contributed by atoms with Crippen molar-refractivity contribution in [1.29, 1.82) is 0 Å². The van der Waals surface area contributed by atoms with Crippen LogP contribution in [-0.4, -0.2) is 40.2 Å². The Morgan fingerprint density at radius 2 is 2.12 bits per heavy atom. The van der Waals surface area contributed by atoms with Gasteiger partial charge in [0.25, 0.3) is 11.3 Å². The maximum Gasteiger partial charge on any atom is 0.262 e. The molecule has 0 heterocycles. The number of benzene rings is 1. The van der Waals surface area contributed by atoms with Gasteiger partial charge in [0.2, 0.25) is 5.91 Å². The molecule has 0 aromatic heterocycles. The van der Waals surface area contributed by atoms with Crippen LogP contribution in [0.4, 0.5) is 11.4 Å². The fourth-order valence-corrected chi connectivity index (χ4v) is 1.70. The average Bonchev–Trinajstić information content (AvgIpc) is 2.24. The Bertz CT molecular complexity index is 437. The highest BCUT2D eigenvalue weighted by atomic mass is 32.2. The summed E-state index contributed by atoms with van der Waals surface area (Å²) in [5.41, 5.74) is 6.48. The SMILES string of the molecule is CN(C)C(=O)CN(c1cccc(N)c1)S(=O)O. The summed E-state index contributed by atoms with van der Waals surface area (Å²) < 4.78 is 21.4. The fraction of sp³-hybridized carbons (Fsp3) is 0.300. The van der Waals surface area contributed by atoms with Crippen molar-refractivity contribution in [3.8, 4) is 0 Å². The second kappa shape index (κ2) is 5.65. The highest BCUT2D eigenvalue weighted by Crippen LogP contribution is 2.18. The molecular weight excluding hydrogens is 242 g/mol. The maximum atomic E-state index is 11.5. The van der Waals surface area contributed by atoms with Gasteiger partial charge < -0.3 is 10.6 Å². The summed E-state index contributed by atoms with van der Waals surface area (Å²) in [4.78, 5) is 12.9. The van der Waals surface area contributed by atoms with Crippen LogP contribution < -0.4 is 10.0 Å². The van der Waals surface area contributed by atoms with Gasteiger partial charge in [-0.1, -0.05) is 6.07 Å². The lowest BCUT2D eigenvalue weighted by molar-refractivity contribution is -0.127. The Kier molecular flexibility index (Phi) is 4.47. The van der Waals surface area contributed by atoms with Gasteiger partial charge >= 0.3 is 0 Å². The van der Waals surface area contributed by atoms with Gasteiger partial charge in [-0.2, -0.15) is 0 Å². The summed E-state index contributed by atoms with van der Waals surface area (Å²) in [6, 6.07) is 6.48. The first-order chi connectivity index (χ1) is 7.91. The quantitative estimate of drug-likeness (QED) is 0.600. The Balaban J connectivity index is 2.94. The van der Waals surface area contributed by atoms with E-state index in [9.17, 15) is 13.6 Å². The van der Waals surface area contributed by atoms with Gasteiger partial charge in [0.05, 0.1) is 5.69 Å². The molecule has 17 heavy (non-hydrogen) atoms. The van der Waals surface area contributed by atoms with Gasteiger partial charge in [-0.3, -0.25) is 13.7 Å². The average molecular weight is 257 g/mol. The van der Waals surface area contributed by atoms with Crippen LogP contribution in [0, 0.1) is 0 Å². The summed E-state index contributed by atoms with van der Waals surface area (Å²) in [5, 5.41) is 0. The molecule has 94 valence electrons. The summed E-state index contributed by atoms with van der Waals surface area (Å²) in [6.45, 7) is -0.181. The summed E-state index contributed by atoms with van der Waals surface area (Å²) >= 11 is -2.27. The molecule has 0 fully saturated rings. The fourth-order valence-electron chi connectivity index (χ4n) is 1.18. The number of rotatable bonds is 4. The van der Waals surface area contributed by atoms with E-state index in [1.54, 1.807) is 32.3 Å². The third-order valence-electron chi connectivity index (χ3n) is 2.12. The lowest BCUT2D eigenvalue weighted by Crippen LogP contribution is -2.37. The Hall–Kier alpha value is -1.60. The zero-order chi connectivity index (χ0) is 13.0. The van der Waals surface area contributed by atoms with Crippen LogP contribution in [0.5, 0.6) is 0 Å². The van der Waals surface area contributed by atoms with Gasteiger partial charge in [-0.15, -0.1) is 0 Å². The highest BCUT2D eigenvalue weighted by molar-refractivity contribution is 7.80. The van der Waals surface area contributed by atoms with Crippen molar-refractivity contribution in [2.75, 3.05) is 30.7 Å². The molecule has 1 rings (SSSR count). The molecule has 0 aliphatic rings. The Morgan fingerprint density at radius 1 is 1.47 bits per heavy atom. The molecule has 0 aliphatic carbocycles. The standard InChI is InChI=1S/C10H15N3O3S/c1-12(2)10(14)7-13(17(15)16)9-5-3-4-8(11)6-9/h3-6H,7,11H2,1-2H3,(H,15,16). The van der Waals surface area contributed by atoms with E-state index in [1.165, 1.54) is 11.0 Å². The first kappa shape index (κ1) is 13.5. The predicted octanol–water partition coefficient (Wildman–Crippen LogP) is 0.300. The van der Waals surface area contributed by atoms with E-state index >= 15 is 0 Å². The van der Waals surface area contributed by atoms with Crippen molar-refractivity contribution in [1.82, 2.24) is 4.90 Å². The van der Waals surface area contributed by atoms with E-state index in [-0.39, 0.29) is 12.5 Å². The van der Waals surface area contributed by atoms with Gasteiger partial charge in [0.15, 0.2) is 0 Å². The van der Waals surface area contributed by atoms with Crippen LogP contribution in [0.1, 0.15) is 0 Å². The first-order valence-corrected chi connectivity index (χ1v) is 5.92. The maximum absolute atomic E-state index is 11.5. The number of nitrogens with two attached hydrogens (primary N) is 1. The molecule has 0 saturated heterocycles. The molecule has 1 aromatic rings. The summed E-state index contributed by atoms with van der Waals surface area (Å²) in [7, 11) is 3.17. The van der Waals surface area contributed by atoms with Crippen molar-refractivity contribution in [3.05, 3.63) is 24.3 Å². The van der Waals surface area contributed by atoms with Crippen LogP contribution >= 0.6 is 0 Å². The van der Waals surface area contributed by atoms with E-state index in [0.29, 0.717) is 11.4 Å². The van der Waals surface area contributed by atoms with Gasteiger partial charge in [-0.05, 0) is 18.2 Å². The van der Waals surface area contributed by atoms with Crippen molar-refractivity contribution in [2.45, 2.75) is 0 Å². The van der Waals surface area contributed by atoms with Crippen molar-refractivity contribution in [3.63, 3.8) is 0 Å². The number of nitrogen functional groups attached to an aromatic ring is 1. The van der Waals surface area contributed by atoms with Crippen LogP contribution in [0.15, 0.2) is 24.3 Å². The molecule has 1 amide bonds. The van der Waals surface area contributed by atoms with Crippen LogP contribution in [0.3, 0.4) is 0 Å². The van der Waals surface area contributed by atoms with Gasteiger partial charge in [0.1, 0.15) is 6.54 Å². The molecule has 0 bridgehead atoms. The zero-order valence-electron chi connectivity index (χ0n) is 9.66. The largest absolute Gasteiger partial charge is 0.399 e. The van der Waals surface area contributed by atoms with Crippen LogP contribution in [-0.2, 0) is 16.1 Å². The second-order valence-corrected chi connectivity index (χ2v) is 4.55. The van der Waals surface area contributed by atoms with E-state index in [2.05, 4.69) is 0 Å². The molecule has 0 spiro atoms. The molecule has 6 nitrogen and oxygen atoms in total. The molecule has 1 atom stereocenters. The molecule has 3 N–H and O–H groups in total. The van der Waals surface area contributed by atoms with Crippen LogP contribution in [0.25, 0.3) is 0 Å². The number of likely N-dealkylation sites (N-methyl/N-ethyl adjacent to an activating group) is 1. The number of nitrogens with zero attached hydrogens (tertiary/aromatic N) is 2. The smallest absolute Gasteiger partial charge is 0.262 e.